The molecular weight excluding hydrogens is 402 g/mol. The third-order valence-corrected chi connectivity index (χ3v) is 11.6. The lowest BCUT2D eigenvalue weighted by Crippen LogP contribution is -2.44. The monoisotopic (exact) mass is 445 g/mol. The summed E-state index contributed by atoms with van der Waals surface area (Å²) in [5, 5.41) is 11.8. The molecule has 0 heterocycles. The molecule has 31 heavy (non-hydrogen) atoms. The summed E-state index contributed by atoms with van der Waals surface area (Å²) in [7, 11) is -1.91. The quantitative estimate of drug-likeness (QED) is 0.241. The molecule has 1 aliphatic rings. The molecule has 1 aromatic carbocycles. The first kappa shape index (κ1) is 25.8. The van der Waals surface area contributed by atoms with Gasteiger partial charge in [0.05, 0.1) is 11.0 Å². The number of nitro groups is 1. The Hall–Kier alpha value is -1.46. The zero-order valence-corrected chi connectivity index (χ0v) is 22.0. The van der Waals surface area contributed by atoms with E-state index in [0.29, 0.717) is 5.92 Å². The molecule has 0 aromatic heterocycles. The van der Waals surface area contributed by atoms with Gasteiger partial charge in [0.2, 0.25) is 0 Å². The second-order valence-electron chi connectivity index (χ2n) is 11.8. The molecule has 0 spiro atoms. The van der Waals surface area contributed by atoms with Gasteiger partial charge in [0.25, 0.3) is 5.69 Å². The van der Waals surface area contributed by atoms with Gasteiger partial charge in [-0.25, -0.2) is 0 Å². The van der Waals surface area contributed by atoms with Crippen molar-refractivity contribution in [1.82, 2.24) is 0 Å². The zero-order chi connectivity index (χ0) is 23.4. The average Bonchev–Trinajstić information content (AvgIpc) is 2.64. The van der Waals surface area contributed by atoms with Crippen molar-refractivity contribution in [3.05, 3.63) is 45.5 Å². The fourth-order valence-electron chi connectivity index (χ4n) is 4.13. The summed E-state index contributed by atoms with van der Waals surface area (Å²) in [4.78, 5) is 11.4. The molecule has 0 amide bonds. The van der Waals surface area contributed by atoms with Crippen LogP contribution >= 0.6 is 0 Å². The molecule has 1 aliphatic carbocycles. The fraction of sp³-hybridized carbons (Fsp3) is 0.692. The normalized spacial score (nSPS) is 17.8. The molecule has 1 aromatic rings. The van der Waals surface area contributed by atoms with Crippen LogP contribution in [-0.4, -0.2) is 19.3 Å². The third kappa shape index (κ3) is 7.28. The van der Waals surface area contributed by atoms with Crippen molar-refractivity contribution in [2.75, 3.05) is 0 Å². The summed E-state index contributed by atoms with van der Waals surface area (Å²) >= 11 is 0. The lowest BCUT2D eigenvalue weighted by molar-refractivity contribution is -0.386. The minimum atomic E-state index is -1.91. The minimum absolute atomic E-state index is 0.0605. The molecule has 0 unspecified atom stereocenters. The smallest absolute Gasteiger partial charge is 0.273 e. The van der Waals surface area contributed by atoms with E-state index in [1.54, 1.807) is 6.07 Å². The molecular formula is C26H43NO3Si. The van der Waals surface area contributed by atoms with Gasteiger partial charge in [0.15, 0.2) is 8.32 Å². The molecule has 174 valence electrons. The van der Waals surface area contributed by atoms with E-state index >= 15 is 0 Å². The Morgan fingerprint density at radius 2 is 1.74 bits per heavy atom. The van der Waals surface area contributed by atoms with E-state index in [4.69, 9.17) is 4.43 Å². The highest BCUT2D eigenvalue weighted by molar-refractivity contribution is 6.74. The predicted molar refractivity (Wildman–Crippen MR) is 134 cm³/mol. The molecule has 2 rings (SSSR count). The molecule has 1 fully saturated rings. The number of nitro benzene ring substituents is 1. The van der Waals surface area contributed by atoms with Crippen LogP contribution in [0.5, 0.6) is 0 Å². The summed E-state index contributed by atoms with van der Waals surface area (Å²) in [6.07, 6.45) is 11.9. The van der Waals surface area contributed by atoms with E-state index in [2.05, 4.69) is 39.9 Å². The SMILES string of the molecule is CC(C)(C)c1ccc(C=C[C@H](CC2CCCCC2)O[Si](C)(C)C(C)(C)C)cc1[N+](=O)[O-]. The summed E-state index contributed by atoms with van der Waals surface area (Å²) in [5.41, 5.74) is 1.57. The fourth-order valence-corrected chi connectivity index (χ4v) is 5.41. The standard InChI is InChI=1S/C26H43NO3Si/c1-25(2,3)23-17-15-21(19-24(23)27(28)29)14-16-22(18-20-12-10-9-11-13-20)30-31(7,8)26(4,5)6/h14-17,19-20,22H,9-13,18H2,1-8H3/t22-/m1/s1. The second-order valence-corrected chi connectivity index (χ2v) is 16.6. The molecule has 0 N–H and O–H groups in total. The highest BCUT2D eigenvalue weighted by Gasteiger charge is 2.39. The Bertz CT molecular complexity index is 781. The van der Waals surface area contributed by atoms with Crippen LogP contribution in [0.3, 0.4) is 0 Å². The predicted octanol–water partition coefficient (Wildman–Crippen LogP) is 8.27. The summed E-state index contributed by atoms with van der Waals surface area (Å²) in [6.45, 7) is 17.5. The van der Waals surface area contributed by atoms with E-state index in [1.807, 2.05) is 39.0 Å². The van der Waals surface area contributed by atoms with E-state index in [9.17, 15) is 10.1 Å². The number of hydrogen-bond acceptors (Lipinski definition) is 3. The van der Waals surface area contributed by atoms with Gasteiger partial charge in [0.1, 0.15) is 0 Å². The summed E-state index contributed by atoms with van der Waals surface area (Å²) < 4.78 is 6.80. The van der Waals surface area contributed by atoms with Crippen molar-refractivity contribution < 1.29 is 9.35 Å². The maximum Gasteiger partial charge on any atom is 0.273 e. The third-order valence-electron chi connectivity index (χ3n) is 7.07. The van der Waals surface area contributed by atoms with E-state index in [0.717, 1.165) is 17.5 Å². The van der Waals surface area contributed by atoms with Crippen LogP contribution in [0.25, 0.3) is 6.08 Å². The number of hydrogen-bond donors (Lipinski definition) is 0. The lowest BCUT2D eigenvalue weighted by Gasteiger charge is -2.39. The Morgan fingerprint density at radius 1 is 1.13 bits per heavy atom. The highest BCUT2D eigenvalue weighted by Crippen LogP contribution is 2.39. The van der Waals surface area contributed by atoms with E-state index in [1.165, 1.54) is 32.1 Å². The number of rotatable bonds is 7. The van der Waals surface area contributed by atoms with Gasteiger partial charge < -0.3 is 4.43 Å². The molecule has 5 heteroatoms. The van der Waals surface area contributed by atoms with Gasteiger partial charge in [-0.3, -0.25) is 10.1 Å². The van der Waals surface area contributed by atoms with Gasteiger partial charge >= 0.3 is 0 Å². The van der Waals surface area contributed by atoms with Crippen LogP contribution in [-0.2, 0) is 9.84 Å². The summed E-state index contributed by atoms with van der Waals surface area (Å²) in [5.74, 6) is 0.714. The molecule has 1 atom stereocenters. The van der Waals surface area contributed by atoms with E-state index < -0.39 is 8.32 Å². The van der Waals surface area contributed by atoms with Crippen LogP contribution < -0.4 is 0 Å². The first-order chi connectivity index (χ1) is 14.2. The Labute approximate surface area is 190 Å². The largest absolute Gasteiger partial charge is 0.411 e. The van der Waals surface area contributed by atoms with Crippen molar-refractivity contribution in [3.63, 3.8) is 0 Å². The lowest BCUT2D eigenvalue weighted by atomic mass is 9.84. The second kappa shape index (κ2) is 9.99. The van der Waals surface area contributed by atoms with Gasteiger partial charge in [-0.1, -0.05) is 97.9 Å². The van der Waals surface area contributed by atoms with Crippen molar-refractivity contribution in [1.29, 1.82) is 0 Å². The number of nitrogens with zero attached hydrogens (tertiary/aromatic N) is 1. The highest BCUT2D eigenvalue weighted by atomic mass is 28.4. The van der Waals surface area contributed by atoms with Crippen molar-refractivity contribution in [3.8, 4) is 0 Å². The Balaban J connectivity index is 2.30. The number of benzene rings is 1. The average molecular weight is 446 g/mol. The maximum absolute atomic E-state index is 11.7. The van der Waals surface area contributed by atoms with Crippen molar-refractivity contribution >= 4 is 20.1 Å². The Kier molecular flexibility index (Phi) is 8.31. The molecule has 0 saturated heterocycles. The minimum Gasteiger partial charge on any atom is -0.411 e. The van der Waals surface area contributed by atoms with Gasteiger partial charge in [-0.05, 0) is 41.4 Å². The van der Waals surface area contributed by atoms with Crippen molar-refractivity contribution in [2.45, 2.75) is 110 Å². The van der Waals surface area contributed by atoms with Crippen LogP contribution in [0.1, 0.15) is 91.2 Å². The van der Waals surface area contributed by atoms with Crippen LogP contribution in [0.2, 0.25) is 18.1 Å². The molecule has 0 aliphatic heterocycles. The van der Waals surface area contributed by atoms with Crippen molar-refractivity contribution in [2.24, 2.45) is 5.92 Å². The van der Waals surface area contributed by atoms with E-state index in [-0.39, 0.29) is 27.2 Å². The van der Waals surface area contributed by atoms with Gasteiger partial charge in [0, 0.05) is 11.6 Å². The molecule has 1 saturated carbocycles. The molecule has 0 bridgehead atoms. The van der Waals surface area contributed by atoms with Gasteiger partial charge in [-0.2, -0.15) is 0 Å². The van der Waals surface area contributed by atoms with Gasteiger partial charge in [-0.15, -0.1) is 0 Å². The maximum atomic E-state index is 11.7. The molecule has 0 radical (unpaired) electrons. The van der Waals surface area contributed by atoms with Crippen LogP contribution in [0.15, 0.2) is 24.3 Å². The topological polar surface area (TPSA) is 52.4 Å². The molecule has 4 nitrogen and oxygen atoms in total. The zero-order valence-electron chi connectivity index (χ0n) is 21.0. The Morgan fingerprint density at radius 3 is 2.26 bits per heavy atom. The first-order valence-corrected chi connectivity index (χ1v) is 14.8. The first-order valence-electron chi connectivity index (χ1n) is 11.9. The summed E-state index contributed by atoms with van der Waals surface area (Å²) in [6, 6.07) is 5.61. The van der Waals surface area contributed by atoms with Crippen LogP contribution in [0.4, 0.5) is 5.69 Å². The van der Waals surface area contributed by atoms with Crippen LogP contribution in [0, 0.1) is 16.0 Å².